The van der Waals surface area contributed by atoms with Crippen molar-refractivity contribution in [1.29, 1.82) is 0 Å². The van der Waals surface area contributed by atoms with Gasteiger partial charge in [-0.3, -0.25) is 14.5 Å². The number of amides is 4. The lowest BCUT2D eigenvalue weighted by atomic mass is 10.1. The summed E-state index contributed by atoms with van der Waals surface area (Å²) >= 11 is 0. The first-order valence-corrected chi connectivity index (χ1v) is 10.8. The molecule has 0 radical (unpaired) electrons. The van der Waals surface area contributed by atoms with Crippen molar-refractivity contribution in [2.75, 3.05) is 18.1 Å². The van der Waals surface area contributed by atoms with E-state index in [2.05, 4.69) is 10.6 Å². The van der Waals surface area contributed by atoms with Gasteiger partial charge >= 0.3 is 6.03 Å². The van der Waals surface area contributed by atoms with Crippen LogP contribution in [0, 0.1) is 0 Å². The normalized spacial score (nSPS) is 24.1. The van der Waals surface area contributed by atoms with E-state index in [1.54, 1.807) is 0 Å². The Morgan fingerprint density at radius 1 is 1.22 bits per heavy atom. The smallest absolute Gasteiger partial charge is 0.324 e. The Kier molecular flexibility index (Phi) is 5.79. The average molecular weight is 393 g/mol. The van der Waals surface area contributed by atoms with Gasteiger partial charge in [0.25, 0.3) is 5.91 Å². The van der Waals surface area contributed by atoms with Crippen LogP contribution in [0.4, 0.5) is 4.79 Å². The fourth-order valence-electron chi connectivity index (χ4n) is 3.35. The second kappa shape index (κ2) is 8.08. The highest BCUT2D eigenvalue weighted by Gasteiger charge is 2.37. The molecule has 2 unspecified atom stereocenters. The standard InChI is InChI=1S/C18H23N3O5S/c22-16(19-14-9-11-27(25,26)12-14)7-6-15-17(23)21(18(24)20-15)10-8-13-4-2-1-3-5-13/h1-5,14-15H,6-12H2,(H,19,22)(H,20,24). The first kappa shape index (κ1) is 19.3. The quantitative estimate of drug-likeness (QED) is 0.644. The van der Waals surface area contributed by atoms with Gasteiger partial charge in [0.15, 0.2) is 9.84 Å². The number of nitrogens with zero attached hydrogens (tertiary/aromatic N) is 1. The van der Waals surface area contributed by atoms with Crippen molar-refractivity contribution < 1.29 is 22.8 Å². The van der Waals surface area contributed by atoms with E-state index in [0.717, 1.165) is 5.56 Å². The highest BCUT2D eigenvalue weighted by atomic mass is 32.2. The van der Waals surface area contributed by atoms with Gasteiger partial charge in [0.1, 0.15) is 6.04 Å². The molecule has 2 saturated heterocycles. The number of benzene rings is 1. The molecule has 9 heteroatoms. The predicted molar refractivity (Wildman–Crippen MR) is 98.6 cm³/mol. The van der Waals surface area contributed by atoms with Crippen LogP contribution in [0.3, 0.4) is 0 Å². The Labute approximate surface area is 158 Å². The fourth-order valence-corrected chi connectivity index (χ4v) is 5.03. The molecule has 1 aromatic carbocycles. The average Bonchev–Trinajstić information content (AvgIpc) is 3.10. The van der Waals surface area contributed by atoms with Crippen molar-refractivity contribution in [2.45, 2.75) is 37.8 Å². The topological polar surface area (TPSA) is 113 Å². The Balaban J connectivity index is 1.45. The zero-order valence-corrected chi connectivity index (χ0v) is 15.7. The number of carbonyl (C=O) groups is 3. The van der Waals surface area contributed by atoms with Gasteiger partial charge in [-0.25, -0.2) is 13.2 Å². The minimum atomic E-state index is -3.06. The number of urea groups is 1. The molecule has 0 aromatic heterocycles. The summed E-state index contributed by atoms with van der Waals surface area (Å²) in [6, 6.07) is 8.05. The molecule has 3 rings (SSSR count). The Hall–Kier alpha value is -2.42. The van der Waals surface area contributed by atoms with Gasteiger partial charge < -0.3 is 10.6 Å². The monoisotopic (exact) mass is 393 g/mol. The van der Waals surface area contributed by atoms with Crippen LogP contribution in [0.25, 0.3) is 0 Å². The van der Waals surface area contributed by atoms with Gasteiger partial charge in [0.05, 0.1) is 11.5 Å². The number of imide groups is 1. The number of carbonyl (C=O) groups excluding carboxylic acids is 3. The molecule has 1 aromatic rings. The van der Waals surface area contributed by atoms with Crippen LogP contribution in [-0.2, 0) is 25.8 Å². The van der Waals surface area contributed by atoms with Crippen molar-refractivity contribution in [1.82, 2.24) is 15.5 Å². The van der Waals surface area contributed by atoms with Crippen molar-refractivity contribution in [3.63, 3.8) is 0 Å². The van der Waals surface area contributed by atoms with Crippen LogP contribution in [0.2, 0.25) is 0 Å². The van der Waals surface area contributed by atoms with Gasteiger partial charge in [-0.05, 0) is 24.8 Å². The summed E-state index contributed by atoms with van der Waals surface area (Å²) in [7, 11) is -3.06. The summed E-state index contributed by atoms with van der Waals surface area (Å²) in [6.07, 6.45) is 1.24. The molecule has 8 nitrogen and oxygen atoms in total. The van der Waals surface area contributed by atoms with E-state index in [4.69, 9.17) is 0 Å². The second-order valence-corrected chi connectivity index (χ2v) is 9.16. The third-order valence-electron chi connectivity index (χ3n) is 4.83. The molecule has 2 fully saturated rings. The Bertz CT molecular complexity index is 825. The summed E-state index contributed by atoms with van der Waals surface area (Å²) in [5, 5.41) is 5.30. The minimum absolute atomic E-state index is 0.0366. The summed E-state index contributed by atoms with van der Waals surface area (Å²) in [5.41, 5.74) is 1.03. The number of rotatable bonds is 7. The van der Waals surface area contributed by atoms with Crippen LogP contribution < -0.4 is 10.6 Å². The molecule has 0 aliphatic carbocycles. The Morgan fingerprint density at radius 2 is 1.96 bits per heavy atom. The molecule has 146 valence electrons. The molecular weight excluding hydrogens is 370 g/mol. The van der Waals surface area contributed by atoms with Crippen molar-refractivity contribution in [3.05, 3.63) is 35.9 Å². The highest BCUT2D eigenvalue weighted by molar-refractivity contribution is 7.91. The largest absolute Gasteiger partial charge is 0.352 e. The maximum Gasteiger partial charge on any atom is 0.324 e. The van der Waals surface area contributed by atoms with E-state index in [1.807, 2.05) is 30.3 Å². The van der Waals surface area contributed by atoms with E-state index in [1.165, 1.54) is 4.90 Å². The second-order valence-electron chi connectivity index (χ2n) is 6.93. The Morgan fingerprint density at radius 3 is 2.63 bits per heavy atom. The lowest BCUT2D eigenvalue weighted by molar-refractivity contribution is -0.127. The highest BCUT2D eigenvalue weighted by Crippen LogP contribution is 2.14. The van der Waals surface area contributed by atoms with Crippen molar-refractivity contribution in [3.8, 4) is 0 Å². The molecule has 0 spiro atoms. The molecule has 0 saturated carbocycles. The van der Waals surface area contributed by atoms with E-state index in [-0.39, 0.29) is 48.7 Å². The van der Waals surface area contributed by atoms with E-state index in [0.29, 0.717) is 12.8 Å². The molecule has 27 heavy (non-hydrogen) atoms. The van der Waals surface area contributed by atoms with Crippen molar-refractivity contribution in [2.24, 2.45) is 0 Å². The van der Waals surface area contributed by atoms with E-state index >= 15 is 0 Å². The maximum absolute atomic E-state index is 12.4. The van der Waals surface area contributed by atoms with E-state index < -0.39 is 21.9 Å². The third-order valence-corrected chi connectivity index (χ3v) is 6.60. The molecule has 2 atom stereocenters. The van der Waals surface area contributed by atoms with Crippen LogP contribution in [0.1, 0.15) is 24.8 Å². The lowest BCUT2D eigenvalue weighted by Gasteiger charge is -2.14. The maximum atomic E-state index is 12.4. The molecule has 4 amide bonds. The number of nitrogens with one attached hydrogen (secondary N) is 2. The number of sulfone groups is 1. The fraction of sp³-hybridized carbons (Fsp3) is 0.500. The number of hydrogen-bond donors (Lipinski definition) is 2. The molecular formula is C18H23N3O5S. The minimum Gasteiger partial charge on any atom is -0.352 e. The van der Waals surface area contributed by atoms with Gasteiger partial charge in [0, 0.05) is 19.0 Å². The van der Waals surface area contributed by atoms with Crippen LogP contribution in [-0.4, -0.2) is 61.3 Å². The van der Waals surface area contributed by atoms with Gasteiger partial charge in [-0.1, -0.05) is 30.3 Å². The predicted octanol–water partition coefficient (Wildman–Crippen LogP) is 0.233. The van der Waals surface area contributed by atoms with Gasteiger partial charge in [0.2, 0.25) is 5.91 Å². The number of hydrogen-bond acceptors (Lipinski definition) is 5. The third kappa shape index (κ3) is 5.06. The first-order valence-electron chi connectivity index (χ1n) is 9.00. The molecule has 0 bridgehead atoms. The summed E-state index contributed by atoms with van der Waals surface area (Å²) in [5.74, 6) is -0.578. The molecule has 2 N–H and O–H groups in total. The molecule has 2 aliphatic rings. The van der Waals surface area contributed by atoms with Gasteiger partial charge in [-0.15, -0.1) is 0 Å². The van der Waals surface area contributed by atoms with Gasteiger partial charge in [-0.2, -0.15) is 0 Å². The molecule has 2 aliphatic heterocycles. The van der Waals surface area contributed by atoms with Crippen LogP contribution >= 0.6 is 0 Å². The zero-order chi connectivity index (χ0) is 19.4. The van der Waals surface area contributed by atoms with Crippen LogP contribution in [0.15, 0.2) is 30.3 Å². The summed E-state index contributed by atoms with van der Waals surface area (Å²) in [6.45, 7) is 0.289. The van der Waals surface area contributed by atoms with E-state index in [9.17, 15) is 22.8 Å². The first-order chi connectivity index (χ1) is 12.8. The van der Waals surface area contributed by atoms with Crippen molar-refractivity contribution >= 4 is 27.7 Å². The zero-order valence-electron chi connectivity index (χ0n) is 14.9. The summed E-state index contributed by atoms with van der Waals surface area (Å²) < 4.78 is 22.8. The lowest BCUT2D eigenvalue weighted by Crippen LogP contribution is -2.37. The molecule has 2 heterocycles. The van der Waals surface area contributed by atoms with Crippen LogP contribution in [0.5, 0.6) is 0 Å². The SMILES string of the molecule is O=C(CCC1NC(=O)N(CCc2ccccc2)C1=O)NC1CCS(=O)(=O)C1. The summed E-state index contributed by atoms with van der Waals surface area (Å²) in [4.78, 5) is 37.6.